The van der Waals surface area contributed by atoms with Gasteiger partial charge in [0.05, 0.1) is 0 Å². The Kier molecular flexibility index (Phi) is 13.3. The molecule has 0 unspecified atom stereocenters. The minimum absolute atomic E-state index is 0.0406. The topological polar surface area (TPSA) is 135 Å². The van der Waals surface area contributed by atoms with E-state index in [4.69, 9.17) is 5.73 Å². The molecule has 0 saturated carbocycles. The van der Waals surface area contributed by atoms with Crippen LogP contribution in [0.2, 0.25) is 0 Å². The Bertz CT molecular complexity index is 1350. The van der Waals surface area contributed by atoms with Crippen molar-refractivity contribution in [2.24, 2.45) is 5.73 Å². The number of benzene rings is 2. The van der Waals surface area contributed by atoms with Gasteiger partial charge in [-0.3, -0.25) is 19.2 Å². The molecule has 0 aliphatic heterocycles. The van der Waals surface area contributed by atoms with E-state index in [2.05, 4.69) is 12.2 Å². The third-order valence-electron chi connectivity index (χ3n) is 7.73. The predicted molar refractivity (Wildman–Crippen MR) is 169 cm³/mol. The summed E-state index contributed by atoms with van der Waals surface area (Å²) in [4.78, 5) is 53.1. The van der Waals surface area contributed by atoms with Gasteiger partial charge in [-0.2, -0.15) is 0 Å². The molecule has 232 valence electrons. The van der Waals surface area contributed by atoms with Gasteiger partial charge in [0.2, 0.25) is 11.8 Å². The van der Waals surface area contributed by atoms with E-state index in [1.807, 2.05) is 72.2 Å². The molecule has 43 heavy (non-hydrogen) atoms. The summed E-state index contributed by atoms with van der Waals surface area (Å²) < 4.78 is 1.94. The minimum atomic E-state index is -0.964. The number of primary amides is 1. The van der Waals surface area contributed by atoms with Crippen LogP contribution in [0.15, 0.2) is 60.7 Å². The zero-order valence-electron chi connectivity index (χ0n) is 25.5. The average molecular weight is 591 g/mol. The van der Waals surface area contributed by atoms with Crippen LogP contribution in [0.3, 0.4) is 0 Å². The minimum Gasteiger partial charge on any atom is -0.481 e. The van der Waals surface area contributed by atoms with E-state index in [1.54, 1.807) is 4.90 Å². The number of rotatable bonds is 19. The van der Waals surface area contributed by atoms with Crippen molar-refractivity contribution in [1.82, 2.24) is 14.8 Å². The van der Waals surface area contributed by atoms with Gasteiger partial charge in [0.15, 0.2) is 0 Å². The Balaban J connectivity index is 1.93. The molecule has 2 aromatic carbocycles. The largest absolute Gasteiger partial charge is 0.481 e. The number of hydrogen-bond donors (Lipinski definition) is 3. The Morgan fingerprint density at radius 1 is 0.907 bits per heavy atom. The highest BCUT2D eigenvalue weighted by Gasteiger charge is 2.32. The Hall–Kier alpha value is -4.14. The lowest BCUT2D eigenvalue weighted by Crippen LogP contribution is -2.53. The lowest BCUT2D eigenvalue weighted by molar-refractivity contribution is -0.139. The van der Waals surface area contributed by atoms with E-state index in [-0.39, 0.29) is 37.6 Å². The van der Waals surface area contributed by atoms with Crippen molar-refractivity contribution < 1.29 is 24.3 Å². The van der Waals surface area contributed by atoms with Crippen LogP contribution in [0, 0.1) is 0 Å². The van der Waals surface area contributed by atoms with Crippen LogP contribution in [0.4, 0.5) is 0 Å². The number of nitrogens with zero attached hydrogens (tertiary/aromatic N) is 2. The number of fused-ring (bicyclic) bond motifs is 1. The Morgan fingerprint density at radius 2 is 1.63 bits per heavy atom. The third kappa shape index (κ3) is 9.98. The van der Waals surface area contributed by atoms with Crippen LogP contribution < -0.4 is 11.1 Å². The van der Waals surface area contributed by atoms with Crippen molar-refractivity contribution in [2.75, 3.05) is 6.54 Å². The maximum atomic E-state index is 14.1. The van der Waals surface area contributed by atoms with Crippen LogP contribution in [0.5, 0.6) is 0 Å². The summed E-state index contributed by atoms with van der Waals surface area (Å²) in [7, 11) is 0. The molecule has 0 aliphatic rings. The fourth-order valence-corrected chi connectivity index (χ4v) is 5.60. The molecule has 1 heterocycles. The van der Waals surface area contributed by atoms with E-state index >= 15 is 0 Å². The lowest BCUT2D eigenvalue weighted by Gasteiger charge is -2.34. The smallest absolute Gasteiger partial charge is 0.303 e. The quantitative estimate of drug-likeness (QED) is 0.159. The van der Waals surface area contributed by atoms with Gasteiger partial charge in [-0.05, 0) is 43.4 Å². The number of para-hydroxylation sites is 1. The number of carboxylic acid groups (broad SMARTS) is 1. The maximum absolute atomic E-state index is 14.1. The molecule has 2 atom stereocenters. The number of aromatic nitrogens is 1. The van der Waals surface area contributed by atoms with Gasteiger partial charge in [-0.25, -0.2) is 0 Å². The highest BCUT2D eigenvalue weighted by atomic mass is 16.4. The van der Waals surface area contributed by atoms with Crippen molar-refractivity contribution in [3.63, 3.8) is 0 Å². The summed E-state index contributed by atoms with van der Waals surface area (Å²) in [6.07, 6.45) is 5.58. The van der Waals surface area contributed by atoms with E-state index in [0.717, 1.165) is 42.1 Å². The van der Waals surface area contributed by atoms with Crippen molar-refractivity contribution in [3.8, 4) is 0 Å². The third-order valence-corrected chi connectivity index (χ3v) is 7.73. The van der Waals surface area contributed by atoms with Crippen LogP contribution >= 0.6 is 0 Å². The summed E-state index contributed by atoms with van der Waals surface area (Å²) in [5.74, 6) is -2.17. The summed E-state index contributed by atoms with van der Waals surface area (Å²) in [6, 6.07) is 18.1. The predicted octanol–water partition coefficient (Wildman–Crippen LogP) is 5.50. The number of aliphatic carboxylic acids is 1. The number of carboxylic acids is 1. The first-order valence-electron chi connectivity index (χ1n) is 15.5. The van der Waals surface area contributed by atoms with Crippen molar-refractivity contribution in [1.29, 1.82) is 0 Å². The first-order chi connectivity index (χ1) is 20.7. The Labute approximate surface area is 254 Å². The number of nitrogens with one attached hydrogen (secondary N) is 1. The van der Waals surface area contributed by atoms with E-state index in [1.165, 1.54) is 0 Å². The second-order valence-corrected chi connectivity index (χ2v) is 11.2. The number of nitrogens with two attached hydrogens (primary N) is 1. The zero-order valence-corrected chi connectivity index (χ0v) is 25.5. The SMILES string of the molecule is CCCCCC[C@@H](CC(N)=O)N(CCC)C(=O)[C@H](CCCC(=O)O)NC(=O)c1cc2ccccc2n1Cc1ccccc1. The molecule has 0 bridgehead atoms. The standard InChI is InChI=1S/C34H46N4O5/c1-3-5-6-10-17-27(23-31(35)39)37(21-4-2)34(43)28(18-13-20-32(40)41)36-33(42)30-22-26-16-11-12-19-29(26)38(30)24-25-14-8-7-9-15-25/h7-9,11-12,14-16,19,22,27-28H,3-6,10,13,17-18,20-21,23-24H2,1-2H3,(H2,35,39)(H,36,42)(H,40,41)/t27-,28-/m0/s1. The molecule has 9 nitrogen and oxygen atoms in total. The summed E-state index contributed by atoms with van der Waals surface area (Å²) in [6.45, 7) is 4.95. The van der Waals surface area contributed by atoms with Gasteiger partial charge < -0.3 is 25.6 Å². The highest BCUT2D eigenvalue weighted by Crippen LogP contribution is 2.23. The number of unbranched alkanes of at least 4 members (excludes halogenated alkanes) is 3. The molecule has 0 aliphatic carbocycles. The second-order valence-electron chi connectivity index (χ2n) is 11.2. The first kappa shape index (κ1) is 33.4. The number of carbonyl (C=O) groups excluding carboxylic acids is 3. The van der Waals surface area contributed by atoms with E-state index in [9.17, 15) is 24.3 Å². The second kappa shape index (κ2) is 17.1. The van der Waals surface area contributed by atoms with Gasteiger partial charge in [-0.1, -0.05) is 88.1 Å². The maximum Gasteiger partial charge on any atom is 0.303 e. The van der Waals surface area contributed by atoms with Crippen molar-refractivity contribution in [3.05, 3.63) is 71.9 Å². The summed E-state index contributed by atoms with van der Waals surface area (Å²) >= 11 is 0. The Morgan fingerprint density at radius 3 is 2.30 bits per heavy atom. The molecule has 1 aromatic heterocycles. The summed E-state index contributed by atoms with van der Waals surface area (Å²) in [5, 5.41) is 13.1. The average Bonchev–Trinajstić information content (AvgIpc) is 3.35. The molecule has 3 amide bonds. The van der Waals surface area contributed by atoms with Gasteiger partial charge in [0, 0.05) is 42.9 Å². The number of carbonyl (C=O) groups is 4. The van der Waals surface area contributed by atoms with Crippen molar-refractivity contribution >= 4 is 34.6 Å². The van der Waals surface area contributed by atoms with Gasteiger partial charge in [0.25, 0.3) is 5.91 Å². The molecule has 0 spiro atoms. The zero-order chi connectivity index (χ0) is 31.2. The van der Waals surface area contributed by atoms with Crippen LogP contribution in [0.1, 0.15) is 94.1 Å². The molecular weight excluding hydrogens is 544 g/mol. The fraction of sp³-hybridized carbons (Fsp3) is 0.471. The van der Waals surface area contributed by atoms with Gasteiger partial charge >= 0.3 is 5.97 Å². The monoisotopic (exact) mass is 590 g/mol. The molecular formula is C34H46N4O5. The highest BCUT2D eigenvalue weighted by molar-refractivity contribution is 6.01. The lowest BCUT2D eigenvalue weighted by atomic mass is 10.00. The summed E-state index contributed by atoms with van der Waals surface area (Å²) in [5.41, 5.74) is 7.94. The molecule has 3 aromatic rings. The van der Waals surface area contributed by atoms with E-state index in [0.29, 0.717) is 31.6 Å². The van der Waals surface area contributed by atoms with Gasteiger partial charge in [-0.15, -0.1) is 0 Å². The number of hydrogen-bond acceptors (Lipinski definition) is 4. The van der Waals surface area contributed by atoms with E-state index < -0.39 is 23.8 Å². The normalized spacial score (nSPS) is 12.5. The van der Waals surface area contributed by atoms with Crippen LogP contribution in [0.25, 0.3) is 10.9 Å². The number of amides is 3. The fourth-order valence-electron chi connectivity index (χ4n) is 5.60. The van der Waals surface area contributed by atoms with Gasteiger partial charge in [0.1, 0.15) is 11.7 Å². The first-order valence-corrected chi connectivity index (χ1v) is 15.5. The van der Waals surface area contributed by atoms with Crippen LogP contribution in [-0.4, -0.2) is 56.9 Å². The molecule has 9 heteroatoms. The molecule has 0 radical (unpaired) electrons. The molecule has 0 fully saturated rings. The van der Waals surface area contributed by atoms with Crippen molar-refractivity contribution in [2.45, 2.75) is 96.7 Å². The molecule has 0 saturated heterocycles. The van der Waals surface area contributed by atoms with Crippen LogP contribution in [-0.2, 0) is 20.9 Å². The molecule has 4 N–H and O–H groups in total. The molecule has 3 rings (SSSR count).